The molecule has 15 heavy (non-hydrogen) atoms. The summed E-state index contributed by atoms with van der Waals surface area (Å²) in [5.74, 6) is 0. The predicted octanol–water partition coefficient (Wildman–Crippen LogP) is 1.71. The summed E-state index contributed by atoms with van der Waals surface area (Å²) < 4.78 is 11.1. The van der Waals surface area contributed by atoms with Crippen LogP contribution in [0.1, 0.15) is 39.5 Å². The van der Waals surface area contributed by atoms with Gasteiger partial charge in [-0.05, 0) is 39.5 Å². The lowest BCUT2D eigenvalue weighted by atomic mass is 9.83. The highest BCUT2D eigenvalue weighted by molar-refractivity contribution is 4.93. The summed E-state index contributed by atoms with van der Waals surface area (Å²) in [4.78, 5) is 0. The molecule has 0 heterocycles. The molecule has 0 saturated heterocycles. The second-order valence-electron chi connectivity index (χ2n) is 4.66. The van der Waals surface area contributed by atoms with Crippen LogP contribution >= 0.6 is 0 Å². The highest BCUT2D eigenvalue weighted by Crippen LogP contribution is 2.29. The molecule has 2 saturated carbocycles. The van der Waals surface area contributed by atoms with Crippen LogP contribution in [0.2, 0.25) is 0 Å². The fourth-order valence-electron chi connectivity index (χ4n) is 2.48. The van der Waals surface area contributed by atoms with Gasteiger partial charge in [-0.3, -0.25) is 0 Å². The predicted molar refractivity (Wildman–Crippen MR) is 60.0 cm³/mol. The quantitative estimate of drug-likeness (QED) is 0.728. The zero-order valence-corrected chi connectivity index (χ0v) is 9.87. The van der Waals surface area contributed by atoms with Gasteiger partial charge in [0.1, 0.15) is 0 Å². The molecule has 0 aromatic rings. The van der Waals surface area contributed by atoms with Crippen LogP contribution in [0.5, 0.6) is 0 Å². The van der Waals surface area contributed by atoms with Crippen LogP contribution in [-0.4, -0.2) is 37.5 Å². The van der Waals surface area contributed by atoms with E-state index in [-0.39, 0.29) is 0 Å². The molecule has 88 valence electrons. The molecule has 0 spiro atoms. The number of ether oxygens (including phenoxy) is 2. The van der Waals surface area contributed by atoms with Gasteiger partial charge < -0.3 is 14.8 Å². The molecule has 3 nitrogen and oxygen atoms in total. The van der Waals surface area contributed by atoms with Gasteiger partial charge in [-0.25, -0.2) is 0 Å². The van der Waals surface area contributed by atoms with Gasteiger partial charge in [0.15, 0.2) is 0 Å². The van der Waals surface area contributed by atoms with Crippen molar-refractivity contribution in [3.63, 3.8) is 0 Å². The molecular formula is C12H23NO2. The van der Waals surface area contributed by atoms with Gasteiger partial charge in [-0.15, -0.1) is 0 Å². The molecule has 2 aliphatic rings. The average Bonchev–Trinajstić information content (AvgIpc) is 2.10. The first-order valence-electron chi connectivity index (χ1n) is 6.31. The van der Waals surface area contributed by atoms with Crippen LogP contribution in [0.4, 0.5) is 0 Å². The summed E-state index contributed by atoms with van der Waals surface area (Å²) in [7, 11) is 0. The van der Waals surface area contributed by atoms with E-state index in [4.69, 9.17) is 9.47 Å². The molecule has 2 aliphatic carbocycles. The van der Waals surface area contributed by atoms with Crippen molar-refractivity contribution < 1.29 is 9.47 Å². The van der Waals surface area contributed by atoms with Crippen molar-refractivity contribution in [2.75, 3.05) is 13.2 Å². The molecule has 0 aliphatic heterocycles. The zero-order chi connectivity index (χ0) is 10.7. The topological polar surface area (TPSA) is 30.5 Å². The third-order valence-electron chi connectivity index (χ3n) is 3.47. The average molecular weight is 213 g/mol. The number of rotatable bonds is 6. The first-order chi connectivity index (χ1) is 7.31. The first-order valence-corrected chi connectivity index (χ1v) is 6.31. The zero-order valence-electron chi connectivity index (χ0n) is 9.87. The van der Waals surface area contributed by atoms with Crippen LogP contribution in [0.3, 0.4) is 0 Å². The second kappa shape index (κ2) is 5.28. The van der Waals surface area contributed by atoms with E-state index in [1.807, 2.05) is 0 Å². The largest absolute Gasteiger partial charge is 0.378 e. The smallest absolute Gasteiger partial charge is 0.0604 e. The summed E-state index contributed by atoms with van der Waals surface area (Å²) in [5, 5.41) is 3.67. The van der Waals surface area contributed by atoms with Crippen LogP contribution in [0, 0.1) is 0 Å². The molecule has 3 heteroatoms. The first kappa shape index (κ1) is 11.4. The molecule has 2 rings (SSSR count). The number of hydrogen-bond donors (Lipinski definition) is 1. The van der Waals surface area contributed by atoms with Gasteiger partial charge in [0, 0.05) is 25.3 Å². The van der Waals surface area contributed by atoms with E-state index < -0.39 is 0 Å². The van der Waals surface area contributed by atoms with E-state index in [1.165, 1.54) is 25.7 Å². The van der Waals surface area contributed by atoms with Crippen molar-refractivity contribution in [3.8, 4) is 0 Å². The standard InChI is InChI=1S/C12H23NO2/c1-3-14-11-5-9(6-11)13-10-7-12(8-10)15-4-2/h9-13H,3-8H2,1-2H3. The lowest BCUT2D eigenvalue weighted by Gasteiger charge is -2.43. The lowest BCUT2D eigenvalue weighted by molar-refractivity contribution is -0.0385. The minimum absolute atomic E-state index is 0.523. The van der Waals surface area contributed by atoms with Crippen molar-refractivity contribution in [2.45, 2.75) is 63.8 Å². The monoisotopic (exact) mass is 213 g/mol. The summed E-state index contributed by atoms with van der Waals surface area (Å²) in [6.45, 7) is 5.85. The van der Waals surface area contributed by atoms with Gasteiger partial charge in [-0.2, -0.15) is 0 Å². The Morgan fingerprint density at radius 1 is 0.867 bits per heavy atom. The third kappa shape index (κ3) is 2.92. The maximum atomic E-state index is 5.54. The molecule has 0 atom stereocenters. The van der Waals surface area contributed by atoms with E-state index in [0.717, 1.165) is 13.2 Å². The maximum Gasteiger partial charge on any atom is 0.0604 e. The Hall–Kier alpha value is -0.120. The Balaban J connectivity index is 1.50. The highest BCUT2D eigenvalue weighted by Gasteiger charge is 2.35. The SMILES string of the molecule is CCOC1CC(NC2CC(OCC)C2)C1. The lowest BCUT2D eigenvalue weighted by Crippen LogP contribution is -2.54. The fraction of sp³-hybridized carbons (Fsp3) is 1.00. The summed E-state index contributed by atoms with van der Waals surface area (Å²) in [6, 6.07) is 1.41. The summed E-state index contributed by atoms with van der Waals surface area (Å²) >= 11 is 0. The van der Waals surface area contributed by atoms with E-state index in [1.54, 1.807) is 0 Å². The number of hydrogen-bond acceptors (Lipinski definition) is 3. The highest BCUT2D eigenvalue weighted by atomic mass is 16.5. The van der Waals surface area contributed by atoms with E-state index in [0.29, 0.717) is 24.3 Å². The Kier molecular flexibility index (Phi) is 4.00. The minimum atomic E-state index is 0.523. The normalized spacial score (nSPS) is 39.6. The minimum Gasteiger partial charge on any atom is -0.378 e. The molecule has 1 N–H and O–H groups in total. The van der Waals surface area contributed by atoms with Crippen molar-refractivity contribution >= 4 is 0 Å². The molecule has 0 aromatic heterocycles. The summed E-state index contributed by atoms with van der Waals surface area (Å²) in [5.41, 5.74) is 0. The molecule has 0 amide bonds. The van der Waals surface area contributed by atoms with Crippen LogP contribution < -0.4 is 5.32 Å². The fourth-order valence-corrected chi connectivity index (χ4v) is 2.48. The Labute approximate surface area is 92.5 Å². The van der Waals surface area contributed by atoms with Gasteiger partial charge in [0.05, 0.1) is 12.2 Å². The molecular weight excluding hydrogens is 190 g/mol. The molecule has 0 unspecified atom stereocenters. The van der Waals surface area contributed by atoms with Crippen LogP contribution in [-0.2, 0) is 9.47 Å². The second-order valence-corrected chi connectivity index (χ2v) is 4.66. The van der Waals surface area contributed by atoms with Gasteiger partial charge in [0.25, 0.3) is 0 Å². The van der Waals surface area contributed by atoms with Crippen LogP contribution in [0.25, 0.3) is 0 Å². The van der Waals surface area contributed by atoms with Crippen molar-refractivity contribution in [1.29, 1.82) is 0 Å². The molecule has 2 fully saturated rings. The van der Waals surface area contributed by atoms with Gasteiger partial charge in [-0.1, -0.05) is 0 Å². The Morgan fingerprint density at radius 3 is 1.60 bits per heavy atom. The molecule has 0 aromatic carbocycles. The maximum absolute atomic E-state index is 5.54. The van der Waals surface area contributed by atoms with E-state index >= 15 is 0 Å². The third-order valence-corrected chi connectivity index (χ3v) is 3.47. The van der Waals surface area contributed by atoms with Gasteiger partial charge in [0.2, 0.25) is 0 Å². The number of nitrogens with one attached hydrogen (secondary N) is 1. The Bertz CT molecular complexity index is 166. The van der Waals surface area contributed by atoms with Gasteiger partial charge >= 0.3 is 0 Å². The van der Waals surface area contributed by atoms with Crippen LogP contribution in [0.15, 0.2) is 0 Å². The Morgan fingerprint density at radius 2 is 1.27 bits per heavy atom. The molecule has 0 radical (unpaired) electrons. The van der Waals surface area contributed by atoms with Crippen molar-refractivity contribution in [1.82, 2.24) is 5.32 Å². The van der Waals surface area contributed by atoms with E-state index in [9.17, 15) is 0 Å². The van der Waals surface area contributed by atoms with E-state index in [2.05, 4.69) is 19.2 Å². The molecule has 0 bridgehead atoms. The summed E-state index contributed by atoms with van der Waals surface area (Å²) in [6.07, 6.45) is 5.84. The van der Waals surface area contributed by atoms with Crippen molar-refractivity contribution in [2.24, 2.45) is 0 Å². The van der Waals surface area contributed by atoms with Crippen molar-refractivity contribution in [3.05, 3.63) is 0 Å².